The van der Waals surface area contributed by atoms with Crippen molar-refractivity contribution in [1.82, 2.24) is 4.98 Å². The van der Waals surface area contributed by atoms with Crippen LogP contribution in [-0.2, 0) is 9.53 Å². The van der Waals surface area contributed by atoms with Gasteiger partial charge in [-0.3, -0.25) is 4.79 Å². The molecule has 0 atom stereocenters. The van der Waals surface area contributed by atoms with Gasteiger partial charge >= 0.3 is 0 Å². The normalized spacial score (nSPS) is 10.6. The molecule has 0 fully saturated rings. The van der Waals surface area contributed by atoms with E-state index < -0.39 is 0 Å². The Morgan fingerprint density at radius 2 is 2.33 bits per heavy atom. The molecule has 0 spiro atoms. The molecular formula is C15H17BrN2O2S. The second-order valence-corrected chi connectivity index (χ2v) is 6.17. The molecule has 0 aliphatic rings. The molecule has 1 N–H and O–H groups in total. The minimum absolute atomic E-state index is 0.0233. The molecule has 21 heavy (non-hydrogen) atoms. The molecule has 112 valence electrons. The van der Waals surface area contributed by atoms with Gasteiger partial charge in [0.05, 0.1) is 5.69 Å². The first-order chi connectivity index (χ1) is 10.2. The number of amides is 1. The predicted octanol–water partition coefficient (Wildman–Crippen LogP) is 4.33. The monoisotopic (exact) mass is 368 g/mol. The van der Waals surface area contributed by atoms with E-state index in [-0.39, 0.29) is 5.91 Å². The van der Waals surface area contributed by atoms with Gasteiger partial charge in [-0.15, -0.1) is 11.3 Å². The molecule has 0 unspecified atom stereocenters. The Bertz CT molecular complexity index is 601. The van der Waals surface area contributed by atoms with Gasteiger partial charge in [-0.2, -0.15) is 0 Å². The molecule has 2 rings (SSSR count). The summed E-state index contributed by atoms with van der Waals surface area (Å²) in [6.07, 6.45) is 1.18. The molecule has 0 bridgehead atoms. The number of carbonyl (C=O) groups is 1. The van der Waals surface area contributed by atoms with E-state index in [2.05, 4.69) is 26.2 Å². The van der Waals surface area contributed by atoms with E-state index in [1.807, 2.05) is 36.6 Å². The molecular weight excluding hydrogens is 352 g/mol. The van der Waals surface area contributed by atoms with Crippen molar-refractivity contribution in [1.29, 1.82) is 0 Å². The van der Waals surface area contributed by atoms with Crippen LogP contribution < -0.4 is 5.32 Å². The quantitative estimate of drug-likeness (QED) is 0.740. The minimum atomic E-state index is -0.0233. The number of rotatable bonds is 7. The number of ether oxygens (including phenoxy) is 1. The number of benzene rings is 1. The predicted molar refractivity (Wildman–Crippen MR) is 89.6 cm³/mol. The Labute approximate surface area is 136 Å². The number of nitrogens with one attached hydrogen (secondary N) is 1. The van der Waals surface area contributed by atoms with Crippen LogP contribution >= 0.6 is 27.3 Å². The third-order valence-electron chi connectivity index (χ3n) is 2.77. The van der Waals surface area contributed by atoms with Gasteiger partial charge in [-0.05, 0) is 25.5 Å². The second kappa shape index (κ2) is 8.26. The highest BCUT2D eigenvalue weighted by molar-refractivity contribution is 9.10. The van der Waals surface area contributed by atoms with Crippen LogP contribution in [0.1, 0.15) is 19.8 Å². The molecule has 0 aliphatic heterocycles. The number of halogens is 1. The molecule has 0 radical (unpaired) electrons. The standard InChI is InChI=1S/C15H17BrN2O2S/c1-2-20-8-4-7-14(19)18-15-17-13(10-21-15)11-5-3-6-12(16)9-11/h3,5-6,9-10H,2,4,7-8H2,1H3,(H,17,18,19). The smallest absolute Gasteiger partial charge is 0.226 e. The van der Waals surface area contributed by atoms with Crippen molar-refractivity contribution in [2.75, 3.05) is 18.5 Å². The van der Waals surface area contributed by atoms with Gasteiger partial charge in [-0.25, -0.2) is 4.98 Å². The largest absolute Gasteiger partial charge is 0.382 e. The van der Waals surface area contributed by atoms with E-state index in [9.17, 15) is 4.79 Å². The zero-order chi connectivity index (χ0) is 15.1. The van der Waals surface area contributed by atoms with Crippen molar-refractivity contribution in [3.05, 3.63) is 34.1 Å². The third kappa shape index (κ3) is 5.22. The maximum atomic E-state index is 11.8. The number of nitrogens with zero attached hydrogens (tertiary/aromatic N) is 1. The van der Waals surface area contributed by atoms with Crippen LogP contribution in [0.2, 0.25) is 0 Å². The Balaban J connectivity index is 1.90. The summed E-state index contributed by atoms with van der Waals surface area (Å²) in [4.78, 5) is 16.2. The number of anilines is 1. The summed E-state index contributed by atoms with van der Waals surface area (Å²) < 4.78 is 6.22. The third-order valence-corrected chi connectivity index (χ3v) is 4.02. The maximum Gasteiger partial charge on any atom is 0.226 e. The van der Waals surface area contributed by atoms with Gasteiger partial charge in [0.15, 0.2) is 5.13 Å². The average molecular weight is 369 g/mol. The highest BCUT2D eigenvalue weighted by Gasteiger charge is 2.08. The average Bonchev–Trinajstić information content (AvgIpc) is 2.92. The van der Waals surface area contributed by atoms with Crippen LogP contribution in [0.25, 0.3) is 11.3 Å². The lowest BCUT2D eigenvalue weighted by atomic mass is 10.2. The van der Waals surface area contributed by atoms with Crippen molar-refractivity contribution >= 4 is 38.3 Å². The lowest BCUT2D eigenvalue weighted by Crippen LogP contribution is -2.12. The summed E-state index contributed by atoms with van der Waals surface area (Å²) in [5, 5.41) is 5.40. The van der Waals surface area contributed by atoms with E-state index in [0.717, 1.165) is 22.2 Å². The molecule has 2 aromatic rings. The number of thiazole rings is 1. The summed E-state index contributed by atoms with van der Waals surface area (Å²) in [5.41, 5.74) is 1.89. The van der Waals surface area contributed by atoms with E-state index in [0.29, 0.717) is 24.8 Å². The zero-order valence-corrected chi connectivity index (χ0v) is 14.2. The highest BCUT2D eigenvalue weighted by Crippen LogP contribution is 2.26. The van der Waals surface area contributed by atoms with Crippen molar-refractivity contribution in [3.63, 3.8) is 0 Å². The van der Waals surface area contributed by atoms with Crippen molar-refractivity contribution in [2.45, 2.75) is 19.8 Å². The minimum Gasteiger partial charge on any atom is -0.382 e. The van der Waals surface area contributed by atoms with Gasteiger partial charge in [0, 0.05) is 35.1 Å². The molecule has 4 nitrogen and oxygen atoms in total. The number of hydrogen-bond donors (Lipinski definition) is 1. The highest BCUT2D eigenvalue weighted by atomic mass is 79.9. The van der Waals surface area contributed by atoms with E-state index in [1.165, 1.54) is 11.3 Å². The molecule has 1 aromatic carbocycles. The van der Waals surface area contributed by atoms with Gasteiger partial charge in [0.2, 0.25) is 5.91 Å². The van der Waals surface area contributed by atoms with Crippen molar-refractivity contribution < 1.29 is 9.53 Å². The van der Waals surface area contributed by atoms with E-state index >= 15 is 0 Å². The maximum absolute atomic E-state index is 11.8. The van der Waals surface area contributed by atoms with E-state index in [4.69, 9.17) is 4.74 Å². The molecule has 6 heteroatoms. The Morgan fingerprint density at radius 3 is 3.10 bits per heavy atom. The summed E-state index contributed by atoms with van der Waals surface area (Å²) in [5.74, 6) is -0.0233. The van der Waals surface area contributed by atoms with Crippen LogP contribution in [0, 0.1) is 0 Å². The van der Waals surface area contributed by atoms with E-state index in [1.54, 1.807) is 0 Å². The Kier molecular flexibility index (Phi) is 6.35. The van der Waals surface area contributed by atoms with Crippen LogP contribution in [0.5, 0.6) is 0 Å². The van der Waals surface area contributed by atoms with Crippen LogP contribution in [0.3, 0.4) is 0 Å². The number of carbonyl (C=O) groups excluding carboxylic acids is 1. The number of aromatic nitrogens is 1. The Hall–Kier alpha value is -1.24. The second-order valence-electron chi connectivity index (χ2n) is 4.40. The molecule has 0 saturated carbocycles. The summed E-state index contributed by atoms with van der Waals surface area (Å²) in [7, 11) is 0. The lowest BCUT2D eigenvalue weighted by molar-refractivity contribution is -0.116. The first-order valence-corrected chi connectivity index (χ1v) is 8.45. The Morgan fingerprint density at radius 1 is 1.48 bits per heavy atom. The SMILES string of the molecule is CCOCCCC(=O)Nc1nc(-c2cccc(Br)c2)cs1. The van der Waals surface area contributed by atoms with Crippen LogP contribution in [0.4, 0.5) is 5.13 Å². The van der Waals surface area contributed by atoms with Gasteiger partial charge in [0.25, 0.3) is 0 Å². The van der Waals surface area contributed by atoms with Crippen LogP contribution in [-0.4, -0.2) is 24.1 Å². The molecule has 1 amide bonds. The van der Waals surface area contributed by atoms with Gasteiger partial charge in [-0.1, -0.05) is 28.1 Å². The fourth-order valence-electron chi connectivity index (χ4n) is 1.77. The van der Waals surface area contributed by atoms with Gasteiger partial charge < -0.3 is 10.1 Å². The molecule has 1 aromatic heterocycles. The molecule has 0 aliphatic carbocycles. The zero-order valence-electron chi connectivity index (χ0n) is 11.8. The molecule has 1 heterocycles. The fourth-order valence-corrected chi connectivity index (χ4v) is 2.91. The summed E-state index contributed by atoms with van der Waals surface area (Å²) in [6.45, 7) is 3.24. The van der Waals surface area contributed by atoms with Crippen LogP contribution in [0.15, 0.2) is 34.1 Å². The molecule has 0 saturated heterocycles. The van der Waals surface area contributed by atoms with Crippen molar-refractivity contribution in [2.24, 2.45) is 0 Å². The first-order valence-electron chi connectivity index (χ1n) is 6.78. The van der Waals surface area contributed by atoms with Gasteiger partial charge in [0.1, 0.15) is 0 Å². The summed E-state index contributed by atoms with van der Waals surface area (Å²) in [6, 6.07) is 7.93. The number of hydrogen-bond acceptors (Lipinski definition) is 4. The first kappa shape index (κ1) is 16.1. The summed E-state index contributed by atoms with van der Waals surface area (Å²) >= 11 is 4.87. The van der Waals surface area contributed by atoms with Crippen molar-refractivity contribution in [3.8, 4) is 11.3 Å². The topological polar surface area (TPSA) is 51.2 Å². The fraction of sp³-hybridized carbons (Fsp3) is 0.333. The lowest BCUT2D eigenvalue weighted by Gasteiger charge is -2.02.